The molecule has 0 saturated heterocycles. The summed E-state index contributed by atoms with van der Waals surface area (Å²) in [6.07, 6.45) is 19.2. The van der Waals surface area contributed by atoms with E-state index in [1.165, 1.54) is 92.2 Å². The number of hydrogen-bond donors (Lipinski definition) is 6. The molecule has 0 amide bonds. The van der Waals surface area contributed by atoms with Crippen LogP contribution in [0.5, 0.6) is 12.0 Å². The number of thiocarbonyl (C=S) groups is 1. The standard InChI is InChI=1S/C25H16ClF3N6O3S2.C23H15F3N8O2S2.C18H11ClF3N3O3S.C7H9N3OS.C6H5N3.C5H5BrN2/c1-2-38-25-31-11-13(12-32-25)23-34-20(21(39-23)18-9-10-30-24(26)33-18)14-5-3-8-17(19(14)29)35-40(36,37)22-15(27)6-4-7-16(22)28;24-13-4-2-5-14(25)20(13)38(35,36)34-15-6-1-3-12(17(15)26)18-19(16-7-8-29-23(28)32-16)37-21(33-18)11-9-30-22(27)31-10-11;19-18-23-8-7-10(24-18)9-15(26)11-3-1-6-14(16(11)22)25-29(27,28)17-12(20)4-2-5-13(17)21;1-2-11-7-9-3-5(4-10-7)6(8)12;1-5-8-3-6(2-7)4-9-5;1-4-7-2-5(6)3-8-4/h3-12,35H,2H2,1H3;1-10,34H,(H2,27,30,31)(H2,28,29,32);1-8,25H,9H2;3-4H,2H2,1H3,(H2,8,12);3-4H,1H3;2-3H,1H3. The van der Waals surface area contributed by atoms with E-state index in [0.29, 0.717) is 78.5 Å². The molecule has 0 saturated carbocycles. The van der Waals surface area contributed by atoms with Gasteiger partial charge in [0.15, 0.2) is 37.9 Å². The molecule has 0 radical (unpaired) electrons. The molecule has 0 aliphatic carbocycles. The minimum absolute atomic E-state index is 0.0342. The number of hydrogen-bond acceptors (Lipinski definition) is 33. The molecule has 9 N–H and O–H groups in total. The van der Waals surface area contributed by atoms with Gasteiger partial charge in [-0.1, -0.05) is 48.6 Å². The number of Topliss-reactive ketones (excluding diaryl/α,β-unsaturated/α-hetero) is 1. The monoisotopic (exact) mass is 2080 g/mol. The highest BCUT2D eigenvalue weighted by atomic mass is 79.9. The first-order valence-corrected chi connectivity index (χ1v) is 46.2. The van der Waals surface area contributed by atoms with Crippen molar-refractivity contribution < 1.29 is 79.0 Å². The smallest absolute Gasteiger partial charge is 0.316 e. The average Bonchev–Trinajstić information content (AvgIpc) is 1.26. The summed E-state index contributed by atoms with van der Waals surface area (Å²) in [4.78, 5) is 81.9. The third-order valence-corrected chi connectivity index (χ3v) is 24.6. The predicted molar refractivity (Wildman–Crippen MR) is 492 cm³/mol. The zero-order chi connectivity index (χ0) is 98.3. The maximum atomic E-state index is 15.9. The number of benzene rings is 6. The van der Waals surface area contributed by atoms with Gasteiger partial charge in [0.1, 0.15) is 67.6 Å². The van der Waals surface area contributed by atoms with Gasteiger partial charge in [0.2, 0.25) is 22.5 Å². The molecular formula is C84H61BrCl2F9N25O9S6. The molecule has 0 aliphatic heterocycles. The molecule has 136 heavy (non-hydrogen) atoms. The SMILES string of the molecule is CCOc1ncc(-c2nc(-c3cccc(NS(=O)(=O)c4c(F)cccc4F)c3F)c(-c3ccnc(Cl)n3)s2)cn1.CCOc1ncc(C(N)=S)cn1.Cc1ncc(Br)cn1.Cc1ncc(C#N)cn1.Nc1ncc(-c2nc(-c3cccc(NS(=O)(=O)c4c(F)cccc4F)c3F)c(-c3ccnc(N)n3)s2)cn1.O=C(Cc1ccnc(Cl)n1)c1cccc(NS(=O)(=O)c2c(F)cccc2F)c1F. The number of ether oxygens (including phenoxy) is 2. The molecule has 52 heteroatoms. The van der Waals surface area contributed by atoms with Crippen molar-refractivity contribution in [3.05, 3.63) is 309 Å². The van der Waals surface area contributed by atoms with Gasteiger partial charge < -0.3 is 26.7 Å². The van der Waals surface area contributed by atoms with Gasteiger partial charge in [-0.25, -0.2) is 154 Å². The lowest BCUT2D eigenvalue weighted by atomic mass is 10.1. The number of nitrogens with one attached hydrogen (secondary N) is 3. The van der Waals surface area contributed by atoms with Gasteiger partial charge in [-0.3, -0.25) is 19.0 Å². The van der Waals surface area contributed by atoms with Gasteiger partial charge in [-0.15, -0.1) is 22.7 Å². The number of aromatic nitrogens is 18. The number of nitrogens with two attached hydrogens (primary N) is 3. The minimum atomic E-state index is -4.83. The Morgan fingerprint density at radius 2 is 0.838 bits per heavy atom. The van der Waals surface area contributed by atoms with Crippen LogP contribution in [0.3, 0.4) is 0 Å². The first-order valence-electron chi connectivity index (χ1n) is 38.1. The maximum absolute atomic E-state index is 15.9. The number of carbonyl (C=O) groups excluding carboxylic acids is 1. The summed E-state index contributed by atoms with van der Waals surface area (Å²) in [5.41, 5.74) is 17.4. The van der Waals surface area contributed by atoms with E-state index in [-0.39, 0.29) is 68.1 Å². The fourth-order valence-electron chi connectivity index (χ4n) is 11.1. The van der Waals surface area contributed by atoms with Crippen LogP contribution in [0.15, 0.2) is 227 Å². The van der Waals surface area contributed by atoms with Gasteiger partial charge in [0.25, 0.3) is 30.1 Å². The normalized spacial score (nSPS) is 10.9. The molecule has 0 spiro atoms. The van der Waals surface area contributed by atoms with Gasteiger partial charge in [0, 0.05) is 108 Å². The Labute approximate surface area is 797 Å². The lowest BCUT2D eigenvalue weighted by molar-refractivity contribution is 0.0988. The Morgan fingerprint density at radius 3 is 1.24 bits per heavy atom. The molecule has 10 heterocycles. The number of carbonyl (C=O) groups is 1. The van der Waals surface area contributed by atoms with E-state index in [1.54, 1.807) is 55.5 Å². The van der Waals surface area contributed by atoms with Crippen LogP contribution >= 0.6 is 74.0 Å². The largest absolute Gasteiger partial charge is 0.464 e. The molecule has 696 valence electrons. The zero-order valence-electron chi connectivity index (χ0n) is 69.6. The number of ketones is 1. The Hall–Kier alpha value is -14.9. The van der Waals surface area contributed by atoms with E-state index in [0.717, 1.165) is 112 Å². The molecule has 0 aliphatic rings. The fraction of sp³-hybridized carbons (Fsp3) is 0.0833. The molecule has 16 aromatic rings. The summed E-state index contributed by atoms with van der Waals surface area (Å²) >= 11 is 21.8. The highest BCUT2D eigenvalue weighted by molar-refractivity contribution is 9.10. The molecule has 0 atom stereocenters. The minimum Gasteiger partial charge on any atom is -0.464 e. The fourth-order valence-corrected chi connectivity index (χ4v) is 17.3. The number of anilines is 5. The molecule has 6 aromatic carbocycles. The predicted octanol–water partition coefficient (Wildman–Crippen LogP) is 16.6. The Balaban J connectivity index is 0.000000171. The lowest BCUT2D eigenvalue weighted by Crippen LogP contribution is -2.18. The molecule has 34 nitrogen and oxygen atoms in total. The second-order valence-electron chi connectivity index (χ2n) is 26.4. The Morgan fingerprint density at radius 1 is 0.463 bits per heavy atom. The number of nitrogen functional groups attached to an aromatic ring is 2. The number of aryl methyl sites for hydroxylation is 2. The highest BCUT2D eigenvalue weighted by Crippen LogP contribution is 2.45. The van der Waals surface area contributed by atoms with Crippen molar-refractivity contribution in [1.29, 1.82) is 5.26 Å². The van der Waals surface area contributed by atoms with E-state index in [9.17, 15) is 60.8 Å². The van der Waals surface area contributed by atoms with Crippen LogP contribution in [-0.4, -0.2) is 139 Å². The van der Waals surface area contributed by atoms with Crippen molar-refractivity contribution in [2.75, 3.05) is 38.8 Å². The summed E-state index contributed by atoms with van der Waals surface area (Å²) in [6.45, 7) is 8.21. The van der Waals surface area contributed by atoms with E-state index >= 15 is 8.78 Å². The van der Waals surface area contributed by atoms with Crippen molar-refractivity contribution in [2.24, 2.45) is 5.73 Å². The van der Waals surface area contributed by atoms with E-state index < -0.39 is 126 Å². The third kappa shape index (κ3) is 26.6. The van der Waals surface area contributed by atoms with Crippen molar-refractivity contribution in [3.8, 4) is 82.9 Å². The molecule has 10 aromatic heterocycles. The van der Waals surface area contributed by atoms with Gasteiger partial charge >= 0.3 is 12.0 Å². The van der Waals surface area contributed by atoms with Crippen molar-refractivity contribution in [3.63, 3.8) is 0 Å². The van der Waals surface area contributed by atoms with Crippen LogP contribution in [-0.2, 0) is 36.5 Å². The third-order valence-electron chi connectivity index (χ3n) is 17.1. The van der Waals surface area contributed by atoms with Crippen LogP contribution in [0, 0.1) is 77.5 Å². The van der Waals surface area contributed by atoms with Crippen LogP contribution in [0.25, 0.3) is 64.8 Å². The average molecular weight is 2080 g/mol. The summed E-state index contributed by atoms with van der Waals surface area (Å²) in [6, 6.07) is 25.7. The summed E-state index contributed by atoms with van der Waals surface area (Å²) < 4.78 is 223. The molecule has 0 unspecified atom stereocenters. The van der Waals surface area contributed by atoms with Crippen LogP contribution in [0.4, 0.5) is 68.5 Å². The number of rotatable bonds is 23. The van der Waals surface area contributed by atoms with Crippen molar-refractivity contribution in [2.45, 2.75) is 48.8 Å². The zero-order valence-corrected chi connectivity index (χ0v) is 77.6. The lowest BCUT2D eigenvalue weighted by Gasteiger charge is -2.12. The van der Waals surface area contributed by atoms with E-state index in [1.807, 2.05) is 29.4 Å². The first kappa shape index (κ1) is 102. The van der Waals surface area contributed by atoms with Crippen molar-refractivity contribution >= 4 is 144 Å². The van der Waals surface area contributed by atoms with Gasteiger partial charge in [-0.2, -0.15) is 5.26 Å². The van der Waals surface area contributed by atoms with E-state index in [2.05, 4.69) is 106 Å². The first-order chi connectivity index (χ1) is 64.8. The number of halogens is 12. The maximum Gasteiger partial charge on any atom is 0.316 e. The molecule has 0 bridgehead atoms. The van der Waals surface area contributed by atoms with Gasteiger partial charge in [-0.05, 0) is 158 Å². The quantitative estimate of drug-likeness (QED) is 0.0150. The molecule has 0 fully saturated rings. The van der Waals surface area contributed by atoms with Crippen LogP contribution < -0.4 is 40.8 Å². The second kappa shape index (κ2) is 46.2. The number of thiazole rings is 2. The van der Waals surface area contributed by atoms with Gasteiger partial charge in [0.05, 0.1) is 90.5 Å². The van der Waals surface area contributed by atoms with Crippen molar-refractivity contribution in [1.82, 2.24) is 89.7 Å². The molecule has 16 rings (SSSR count). The topological polar surface area (TPSA) is 508 Å². The number of nitriles is 1. The summed E-state index contributed by atoms with van der Waals surface area (Å²) in [5.74, 6) is -10.5. The Bertz CT molecular complexity index is 7390. The number of sulfonamides is 3. The Kier molecular flexibility index (Phi) is 34.5. The molecular weight excluding hydrogens is 2020 g/mol. The van der Waals surface area contributed by atoms with E-state index in [4.69, 9.17) is 67.4 Å². The second-order valence-corrected chi connectivity index (χ2v) is 35.3. The summed E-state index contributed by atoms with van der Waals surface area (Å²) in [7, 11) is -14.5. The van der Waals surface area contributed by atoms with Crippen LogP contribution in [0.2, 0.25) is 10.6 Å². The number of nitrogens with zero attached hydrogens (tertiary/aromatic N) is 19. The highest BCUT2D eigenvalue weighted by Gasteiger charge is 2.32. The van der Waals surface area contributed by atoms with Crippen LogP contribution in [0.1, 0.15) is 52.7 Å². The summed E-state index contributed by atoms with van der Waals surface area (Å²) in [5, 5.41) is 8.92.